The minimum atomic E-state index is -4.67. The molecule has 0 amide bonds. The molecule has 0 bridgehead atoms. The van der Waals surface area contributed by atoms with Crippen LogP contribution in [0, 0.1) is 0 Å². The van der Waals surface area contributed by atoms with Crippen molar-refractivity contribution in [2.45, 2.75) is 25.7 Å². The van der Waals surface area contributed by atoms with Gasteiger partial charge in [-0.15, -0.1) is 0 Å². The van der Waals surface area contributed by atoms with Crippen molar-refractivity contribution in [3.05, 3.63) is 0 Å². The number of esters is 1. The van der Waals surface area contributed by atoms with Crippen LogP contribution in [0.1, 0.15) is 25.7 Å². The Kier molecular flexibility index (Phi) is 12.9. The Morgan fingerprint density at radius 1 is 1.18 bits per heavy atom. The van der Waals surface area contributed by atoms with E-state index in [0.717, 1.165) is 19.3 Å². The molecule has 0 aliphatic rings. The van der Waals surface area contributed by atoms with Crippen LogP contribution >= 0.6 is 0 Å². The molecule has 0 aromatic heterocycles. The molecule has 0 saturated heterocycles. The Balaban J connectivity index is 0. The Hall–Kier alpha value is -0.740. The second kappa shape index (κ2) is 11.7. The summed E-state index contributed by atoms with van der Waals surface area (Å²) in [5.41, 5.74) is 5.28. The van der Waals surface area contributed by atoms with Crippen molar-refractivity contribution in [2.24, 2.45) is 5.73 Å². The van der Waals surface area contributed by atoms with Gasteiger partial charge >= 0.3 is 16.4 Å². The van der Waals surface area contributed by atoms with E-state index >= 15 is 0 Å². The average Bonchev–Trinajstić information content (AvgIpc) is 2.19. The molecule has 0 radical (unpaired) electrons. The predicted octanol–water partition coefficient (Wildman–Crippen LogP) is -0.612. The summed E-state index contributed by atoms with van der Waals surface area (Å²) in [7, 11) is -4.67. The molecule has 5 N–H and O–H groups in total. The summed E-state index contributed by atoms with van der Waals surface area (Å²) in [6.07, 6.45) is 3.17. The molecule has 0 saturated carbocycles. The third-order valence-electron chi connectivity index (χ3n) is 1.44. The number of carbonyl (C=O) groups excluding carboxylic acids is 1. The summed E-state index contributed by atoms with van der Waals surface area (Å²) in [4.78, 5) is 10.8. The first-order chi connectivity index (χ1) is 7.81. The lowest BCUT2D eigenvalue weighted by Gasteiger charge is -2.01. The van der Waals surface area contributed by atoms with Gasteiger partial charge in [0.1, 0.15) is 6.61 Å². The first kappa shape index (κ1) is 18.6. The third-order valence-corrected chi connectivity index (χ3v) is 1.44. The summed E-state index contributed by atoms with van der Waals surface area (Å²) in [6, 6.07) is 0. The third kappa shape index (κ3) is 31.3. The van der Waals surface area contributed by atoms with Crippen LogP contribution in [0.15, 0.2) is 0 Å². The Labute approximate surface area is 100 Å². The van der Waals surface area contributed by atoms with Gasteiger partial charge in [-0.1, -0.05) is 6.42 Å². The van der Waals surface area contributed by atoms with Gasteiger partial charge in [0.05, 0.1) is 6.61 Å². The molecule has 104 valence electrons. The van der Waals surface area contributed by atoms with Crippen LogP contribution in [0.3, 0.4) is 0 Å². The number of rotatable bonds is 7. The largest absolute Gasteiger partial charge is 0.463 e. The van der Waals surface area contributed by atoms with E-state index in [2.05, 4.69) is 4.74 Å². The van der Waals surface area contributed by atoms with Crippen LogP contribution in [0.5, 0.6) is 0 Å². The van der Waals surface area contributed by atoms with Gasteiger partial charge < -0.3 is 15.6 Å². The van der Waals surface area contributed by atoms with Gasteiger partial charge in [-0.3, -0.25) is 13.9 Å². The smallest absolute Gasteiger partial charge is 0.394 e. The molecule has 0 spiro atoms. The normalized spacial score (nSPS) is 10.4. The zero-order chi connectivity index (χ0) is 13.7. The van der Waals surface area contributed by atoms with Crippen LogP contribution in [-0.2, 0) is 19.9 Å². The molecule has 0 heterocycles. The number of aliphatic hydroxyl groups is 1. The number of nitrogens with two attached hydrogens (primary N) is 1. The molecule has 0 aliphatic heterocycles. The van der Waals surface area contributed by atoms with Crippen LogP contribution < -0.4 is 5.73 Å². The van der Waals surface area contributed by atoms with Gasteiger partial charge in [0.15, 0.2) is 0 Å². The van der Waals surface area contributed by atoms with Crippen molar-refractivity contribution in [2.75, 3.05) is 19.8 Å². The van der Waals surface area contributed by atoms with Gasteiger partial charge in [0.2, 0.25) is 0 Å². The lowest BCUT2D eigenvalue weighted by Crippen LogP contribution is -2.08. The zero-order valence-electron chi connectivity index (χ0n) is 9.41. The standard InChI is InChI=1S/C8H17NO3.H2O4S/c9-5-3-1-2-4-8(11)12-7-6-10;1-5(2,3)4/h10H,1-7,9H2;(H2,1,2,3,4). The lowest BCUT2D eigenvalue weighted by molar-refractivity contribution is -0.144. The molecule has 9 heteroatoms. The minimum absolute atomic E-state index is 0.103. The van der Waals surface area contributed by atoms with Crippen molar-refractivity contribution in [3.8, 4) is 0 Å². The minimum Gasteiger partial charge on any atom is -0.463 e. The highest BCUT2D eigenvalue weighted by Gasteiger charge is 2.00. The zero-order valence-corrected chi connectivity index (χ0v) is 10.2. The SMILES string of the molecule is NCCCCCC(=O)OCCO.O=S(=O)(O)O. The maximum atomic E-state index is 10.8. The van der Waals surface area contributed by atoms with Crippen molar-refractivity contribution in [3.63, 3.8) is 0 Å². The van der Waals surface area contributed by atoms with E-state index in [0.29, 0.717) is 13.0 Å². The number of unbranched alkanes of at least 4 members (excludes halogenated alkanes) is 2. The van der Waals surface area contributed by atoms with Crippen LogP contribution in [0.25, 0.3) is 0 Å². The highest BCUT2D eigenvalue weighted by atomic mass is 32.3. The predicted molar refractivity (Wildman–Crippen MR) is 59.7 cm³/mol. The van der Waals surface area contributed by atoms with E-state index in [1.165, 1.54) is 0 Å². The maximum Gasteiger partial charge on any atom is 0.394 e. The summed E-state index contributed by atoms with van der Waals surface area (Å²) >= 11 is 0. The topological polar surface area (TPSA) is 147 Å². The summed E-state index contributed by atoms with van der Waals surface area (Å²) in [5.74, 6) is -0.235. The monoisotopic (exact) mass is 273 g/mol. The Morgan fingerprint density at radius 3 is 2.12 bits per heavy atom. The molecular formula is C8H19NO7S. The maximum absolute atomic E-state index is 10.8. The van der Waals surface area contributed by atoms with Gasteiger partial charge in [-0.2, -0.15) is 8.42 Å². The molecule has 0 atom stereocenters. The van der Waals surface area contributed by atoms with E-state index in [1.807, 2.05) is 0 Å². The number of hydrogen-bond acceptors (Lipinski definition) is 6. The number of carbonyl (C=O) groups is 1. The second-order valence-corrected chi connectivity index (χ2v) is 3.89. The average molecular weight is 273 g/mol. The van der Waals surface area contributed by atoms with Gasteiger partial charge in [-0.05, 0) is 19.4 Å². The highest BCUT2D eigenvalue weighted by molar-refractivity contribution is 7.79. The molecule has 0 unspecified atom stereocenters. The highest BCUT2D eigenvalue weighted by Crippen LogP contribution is 1.99. The number of aliphatic hydroxyl groups excluding tert-OH is 1. The van der Waals surface area contributed by atoms with E-state index in [9.17, 15) is 4.79 Å². The lowest BCUT2D eigenvalue weighted by atomic mass is 10.2. The van der Waals surface area contributed by atoms with Gasteiger partial charge in [0.25, 0.3) is 0 Å². The van der Waals surface area contributed by atoms with Crippen LogP contribution in [0.4, 0.5) is 0 Å². The van der Waals surface area contributed by atoms with E-state index in [-0.39, 0.29) is 19.2 Å². The number of ether oxygens (including phenoxy) is 1. The Bertz CT molecular complexity index is 270. The van der Waals surface area contributed by atoms with Gasteiger partial charge in [0, 0.05) is 6.42 Å². The van der Waals surface area contributed by atoms with Crippen molar-refractivity contribution >= 4 is 16.4 Å². The molecule has 0 aromatic rings. The first-order valence-corrected chi connectivity index (χ1v) is 6.37. The summed E-state index contributed by atoms with van der Waals surface area (Å²) in [5, 5.41) is 8.33. The summed E-state index contributed by atoms with van der Waals surface area (Å²) in [6.45, 7) is 0.677. The van der Waals surface area contributed by atoms with E-state index in [1.54, 1.807) is 0 Å². The molecule has 0 fully saturated rings. The van der Waals surface area contributed by atoms with Gasteiger partial charge in [-0.25, -0.2) is 0 Å². The fraction of sp³-hybridized carbons (Fsp3) is 0.875. The summed E-state index contributed by atoms with van der Waals surface area (Å²) < 4.78 is 36.2. The fourth-order valence-corrected chi connectivity index (χ4v) is 0.822. The first-order valence-electron chi connectivity index (χ1n) is 4.97. The van der Waals surface area contributed by atoms with Crippen molar-refractivity contribution in [1.29, 1.82) is 0 Å². The Morgan fingerprint density at radius 2 is 1.71 bits per heavy atom. The molecular weight excluding hydrogens is 254 g/mol. The molecule has 0 rings (SSSR count). The molecule has 0 aliphatic carbocycles. The second-order valence-electron chi connectivity index (χ2n) is 2.99. The molecule has 8 nitrogen and oxygen atoms in total. The van der Waals surface area contributed by atoms with Crippen LogP contribution in [0.2, 0.25) is 0 Å². The van der Waals surface area contributed by atoms with Crippen molar-refractivity contribution < 1.29 is 32.2 Å². The molecule has 17 heavy (non-hydrogen) atoms. The van der Waals surface area contributed by atoms with Crippen LogP contribution in [-0.4, -0.2) is 48.4 Å². The number of hydrogen-bond donors (Lipinski definition) is 4. The van der Waals surface area contributed by atoms with E-state index < -0.39 is 10.4 Å². The van der Waals surface area contributed by atoms with Crippen molar-refractivity contribution in [1.82, 2.24) is 0 Å². The quantitative estimate of drug-likeness (QED) is 0.273. The molecule has 0 aromatic carbocycles. The van der Waals surface area contributed by atoms with E-state index in [4.69, 9.17) is 28.4 Å². The fourth-order valence-electron chi connectivity index (χ4n) is 0.822.